The van der Waals surface area contributed by atoms with Gasteiger partial charge in [-0.3, -0.25) is 9.59 Å². The first-order valence-electron chi connectivity index (χ1n) is 6.56. The molecule has 20 heavy (non-hydrogen) atoms. The van der Waals surface area contributed by atoms with Gasteiger partial charge in [-0.05, 0) is 18.6 Å². The summed E-state index contributed by atoms with van der Waals surface area (Å²) in [7, 11) is 1.67. The first-order valence-corrected chi connectivity index (χ1v) is 6.56. The average molecular weight is 278 g/mol. The molecule has 0 saturated carbocycles. The Kier molecular flexibility index (Phi) is 4.45. The number of hydrogen-bond donors (Lipinski definition) is 2. The summed E-state index contributed by atoms with van der Waals surface area (Å²) in [6.07, 6.45) is 0.494. The van der Waals surface area contributed by atoms with Gasteiger partial charge in [-0.15, -0.1) is 0 Å². The molecule has 0 fully saturated rings. The number of ether oxygens (including phenoxy) is 1. The number of amides is 1. The van der Waals surface area contributed by atoms with Crippen LogP contribution in [0.2, 0.25) is 0 Å². The van der Waals surface area contributed by atoms with E-state index in [0.717, 1.165) is 12.2 Å². The number of fused-ring (bicyclic) bond motifs is 1. The predicted octanol–water partition coefficient (Wildman–Crippen LogP) is 1.43. The lowest BCUT2D eigenvalue weighted by molar-refractivity contribution is -0.137. The Morgan fingerprint density at radius 2 is 2.25 bits per heavy atom. The fourth-order valence-corrected chi connectivity index (χ4v) is 2.11. The Bertz CT molecular complexity index is 516. The standard InChI is InChI=1S/C14H18N2O4/c1-16(8-3-6-12(17)18)14(19)10-4-2-5-11-13(10)20-9-7-15-11/h2,4-5,15H,3,6-9H2,1H3,(H,17,18). The minimum absolute atomic E-state index is 0.0581. The maximum atomic E-state index is 12.4. The minimum Gasteiger partial charge on any atom is -0.489 e. The zero-order valence-electron chi connectivity index (χ0n) is 11.4. The molecule has 0 unspecified atom stereocenters. The largest absolute Gasteiger partial charge is 0.489 e. The molecule has 0 atom stereocenters. The first-order chi connectivity index (χ1) is 9.59. The van der Waals surface area contributed by atoms with Crippen molar-refractivity contribution in [2.45, 2.75) is 12.8 Å². The molecule has 1 heterocycles. The van der Waals surface area contributed by atoms with Crippen molar-refractivity contribution >= 4 is 17.6 Å². The number of carboxylic acid groups (broad SMARTS) is 1. The van der Waals surface area contributed by atoms with Gasteiger partial charge < -0.3 is 20.1 Å². The van der Waals surface area contributed by atoms with Gasteiger partial charge in [0.2, 0.25) is 0 Å². The zero-order valence-corrected chi connectivity index (χ0v) is 11.4. The average Bonchev–Trinajstić information content (AvgIpc) is 2.45. The summed E-state index contributed by atoms with van der Waals surface area (Å²) >= 11 is 0. The smallest absolute Gasteiger partial charge is 0.303 e. The lowest BCUT2D eigenvalue weighted by Crippen LogP contribution is -2.29. The monoisotopic (exact) mass is 278 g/mol. The van der Waals surface area contributed by atoms with E-state index in [1.807, 2.05) is 6.07 Å². The predicted molar refractivity (Wildman–Crippen MR) is 74.3 cm³/mol. The topological polar surface area (TPSA) is 78.9 Å². The molecule has 1 aromatic rings. The summed E-state index contributed by atoms with van der Waals surface area (Å²) < 4.78 is 5.56. The maximum Gasteiger partial charge on any atom is 0.303 e. The molecule has 1 aromatic carbocycles. The van der Waals surface area contributed by atoms with Gasteiger partial charge in [0.15, 0.2) is 5.75 Å². The molecule has 6 heteroatoms. The highest BCUT2D eigenvalue weighted by atomic mass is 16.5. The third kappa shape index (κ3) is 3.20. The Balaban J connectivity index is 2.07. The lowest BCUT2D eigenvalue weighted by atomic mass is 10.1. The first kappa shape index (κ1) is 14.2. The number of anilines is 1. The number of nitrogens with zero attached hydrogens (tertiary/aromatic N) is 1. The van der Waals surface area contributed by atoms with Gasteiger partial charge in [-0.25, -0.2) is 0 Å². The van der Waals surface area contributed by atoms with Gasteiger partial charge in [0.05, 0.1) is 11.3 Å². The molecule has 1 aliphatic rings. The van der Waals surface area contributed by atoms with Gasteiger partial charge in [0.1, 0.15) is 6.61 Å². The van der Waals surface area contributed by atoms with E-state index in [4.69, 9.17) is 9.84 Å². The van der Waals surface area contributed by atoms with Crippen molar-refractivity contribution in [2.75, 3.05) is 32.1 Å². The van der Waals surface area contributed by atoms with Crippen molar-refractivity contribution in [3.63, 3.8) is 0 Å². The van der Waals surface area contributed by atoms with Gasteiger partial charge in [-0.1, -0.05) is 6.07 Å². The van der Waals surface area contributed by atoms with Crippen LogP contribution in [0.1, 0.15) is 23.2 Å². The summed E-state index contributed by atoms with van der Waals surface area (Å²) in [4.78, 5) is 24.4. The molecule has 0 saturated heterocycles. The molecule has 0 aliphatic carbocycles. The van der Waals surface area contributed by atoms with Crippen LogP contribution in [0, 0.1) is 0 Å². The molecule has 1 aliphatic heterocycles. The second-order valence-corrected chi connectivity index (χ2v) is 4.68. The van der Waals surface area contributed by atoms with E-state index in [1.54, 1.807) is 19.2 Å². The maximum absolute atomic E-state index is 12.4. The van der Waals surface area contributed by atoms with Crippen molar-refractivity contribution < 1.29 is 19.4 Å². The molecule has 0 spiro atoms. The number of rotatable bonds is 5. The number of nitrogens with one attached hydrogen (secondary N) is 1. The molecule has 2 N–H and O–H groups in total. The van der Waals surface area contributed by atoms with Crippen LogP contribution in [-0.2, 0) is 4.79 Å². The van der Waals surface area contributed by atoms with Crippen LogP contribution in [0.25, 0.3) is 0 Å². The Morgan fingerprint density at radius 1 is 1.45 bits per heavy atom. The highest BCUT2D eigenvalue weighted by Gasteiger charge is 2.21. The molecule has 1 amide bonds. The second kappa shape index (κ2) is 6.27. The molecule has 0 bridgehead atoms. The van der Waals surface area contributed by atoms with Gasteiger partial charge in [0, 0.05) is 26.6 Å². The van der Waals surface area contributed by atoms with Crippen LogP contribution >= 0.6 is 0 Å². The molecular weight excluding hydrogens is 260 g/mol. The van der Waals surface area contributed by atoms with Crippen LogP contribution < -0.4 is 10.1 Å². The van der Waals surface area contributed by atoms with Crippen LogP contribution in [0.4, 0.5) is 5.69 Å². The third-order valence-corrected chi connectivity index (χ3v) is 3.14. The number of para-hydroxylation sites is 1. The lowest BCUT2D eigenvalue weighted by Gasteiger charge is -2.23. The summed E-state index contributed by atoms with van der Waals surface area (Å²) in [5.41, 5.74) is 1.33. The second-order valence-electron chi connectivity index (χ2n) is 4.68. The van der Waals surface area contributed by atoms with Gasteiger partial charge >= 0.3 is 5.97 Å². The van der Waals surface area contributed by atoms with E-state index in [-0.39, 0.29) is 12.3 Å². The molecular formula is C14H18N2O4. The number of carbonyl (C=O) groups is 2. The van der Waals surface area contributed by atoms with Crippen LogP contribution in [0.15, 0.2) is 18.2 Å². The Morgan fingerprint density at radius 3 is 3.00 bits per heavy atom. The van der Waals surface area contributed by atoms with Gasteiger partial charge in [-0.2, -0.15) is 0 Å². The van der Waals surface area contributed by atoms with Crippen LogP contribution in [-0.4, -0.2) is 48.6 Å². The molecule has 0 aromatic heterocycles. The Hall–Kier alpha value is -2.24. The number of aliphatic carboxylic acids is 1. The number of carboxylic acids is 1. The normalized spacial score (nSPS) is 12.8. The van der Waals surface area contributed by atoms with Crippen LogP contribution in [0.5, 0.6) is 5.75 Å². The number of benzene rings is 1. The fraction of sp³-hybridized carbons (Fsp3) is 0.429. The zero-order chi connectivity index (χ0) is 14.5. The molecule has 108 valence electrons. The quantitative estimate of drug-likeness (QED) is 0.851. The van der Waals surface area contributed by atoms with Crippen molar-refractivity contribution in [1.29, 1.82) is 0 Å². The van der Waals surface area contributed by atoms with E-state index in [2.05, 4.69) is 5.32 Å². The van der Waals surface area contributed by atoms with Gasteiger partial charge in [0.25, 0.3) is 5.91 Å². The summed E-state index contributed by atoms with van der Waals surface area (Å²) in [5.74, 6) is -0.430. The minimum atomic E-state index is -0.851. The highest BCUT2D eigenvalue weighted by molar-refractivity contribution is 5.98. The fourth-order valence-electron chi connectivity index (χ4n) is 2.11. The third-order valence-electron chi connectivity index (χ3n) is 3.14. The van der Waals surface area contributed by atoms with Crippen molar-refractivity contribution in [3.8, 4) is 5.75 Å². The van der Waals surface area contributed by atoms with E-state index in [0.29, 0.717) is 30.9 Å². The summed E-state index contributed by atoms with van der Waals surface area (Å²) in [6.45, 7) is 1.65. The summed E-state index contributed by atoms with van der Waals surface area (Å²) in [6, 6.07) is 5.40. The van der Waals surface area contributed by atoms with E-state index >= 15 is 0 Å². The summed E-state index contributed by atoms with van der Waals surface area (Å²) in [5, 5.41) is 11.8. The molecule has 6 nitrogen and oxygen atoms in total. The molecule has 0 radical (unpaired) electrons. The van der Waals surface area contributed by atoms with E-state index < -0.39 is 5.97 Å². The van der Waals surface area contributed by atoms with E-state index in [1.165, 1.54) is 4.90 Å². The van der Waals surface area contributed by atoms with Crippen molar-refractivity contribution in [1.82, 2.24) is 4.90 Å². The SMILES string of the molecule is CN(CCCC(=O)O)C(=O)c1cccc2c1OCCN2. The molecule has 2 rings (SSSR count). The van der Waals surface area contributed by atoms with Crippen molar-refractivity contribution in [3.05, 3.63) is 23.8 Å². The highest BCUT2D eigenvalue weighted by Crippen LogP contribution is 2.31. The number of hydrogen-bond acceptors (Lipinski definition) is 4. The van der Waals surface area contributed by atoms with Crippen molar-refractivity contribution in [2.24, 2.45) is 0 Å². The number of carbonyl (C=O) groups excluding carboxylic acids is 1. The Labute approximate surface area is 117 Å². The van der Waals surface area contributed by atoms with Crippen LogP contribution in [0.3, 0.4) is 0 Å². The van der Waals surface area contributed by atoms with E-state index in [9.17, 15) is 9.59 Å².